The van der Waals surface area contributed by atoms with Crippen molar-refractivity contribution in [2.75, 3.05) is 14.2 Å². The molecule has 17 heavy (non-hydrogen) atoms. The Bertz CT molecular complexity index is 485. The van der Waals surface area contributed by atoms with E-state index in [9.17, 15) is 0 Å². The van der Waals surface area contributed by atoms with Crippen LogP contribution in [-0.2, 0) is 0 Å². The van der Waals surface area contributed by atoms with Crippen molar-refractivity contribution in [3.05, 3.63) is 29.6 Å². The molecular weight excluding hydrogens is 222 g/mol. The Labute approximate surface area is 97.9 Å². The van der Waals surface area contributed by atoms with E-state index in [-0.39, 0.29) is 0 Å². The van der Waals surface area contributed by atoms with Gasteiger partial charge >= 0.3 is 0 Å². The molecule has 1 unspecified atom stereocenters. The Morgan fingerprint density at radius 2 is 2.00 bits per heavy atom. The van der Waals surface area contributed by atoms with Crippen molar-refractivity contribution in [1.29, 1.82) is 0 Å². The smallest absolute Gasteiger partial charge is 0.195 e. The molecule has 0 amide bonds. The van der Waals surface area contributed by atoms with Gasteiger partial charge in [0, 0.05) is 0 Å². The minimum absolute atomic E-state index is 0.428. The molecular formula is C10H13N5O2. The highest BCUT2D eigenvalue weighted by molar-refractivity contribution is 5.44. The summed E-state index contributed by atoms with van der Waals surface area (Å²) >= 11 is 0. The maximum absolute atomic E-state index is 5.99. The third kappa shape index (κ3) is 2.18. The zero-order chi connectivity index (χ0) is 12.3. The van der Waals surface area contributed by atoms with Gasteiger partial charge in [-0.3, -0.25) is 0 Å². The SMILES string of the molecule is COc1ccc(C(N)c2nn[nH]n2)cc1OC. The van der Waals surface area contributed by atoms with Crippen LogP contribution in [0.3, 0.4) is 0 Å². The van der Waals surface area contributed by atoms with Crippen molar-refractivity contribution in [2.24, 2.45) is 5.73 Å². The number of nitrogens with two attached hydrogens (primary N) is 1. The molecule has 0 aliphatic carbocycles. The average Bonchev–Trinajstić information content (AvgIpc) is 2.90. The number of hydrogen-bond donors (Lipinski definition) is 2. The minimum Gasteiger partial charge on any atom is -0.493 e. The van der Waals surface area contributed by atoms with E-state index in [0.29, 0.717) is 17.3 Å². The second-order valence-corrected chi connectivity index (χ2v) is 3.36. The number of ether oxygens (including phenoxy) is 2. The summed E-state index contributed by atoms with van der Waals surface area (Å²) in [5.74, 6) is 1.69. The first-order valence-electron chi connectivity index (χ1n) is 4.97. The Morgan fingerprint density at radius 3 is 2.59 bits per heavy atom. The summed E-state index contributed by atoms with van der Waals surface area (Å²) in [6.07, 6.45) is 0. The summed E-state index contributed by atoms with van der Waals surface area (Å²) in [6, 6.07) is 4.96. The van der Waals surface area contributed by atoms with Crippen molar-refractivity contribution in [1.82, 2.24) is 20.6 Å². The number of tetrazole rings is 1. The van der Waals surface area contributed by atoms with E-state index in [1.165, 1.54) is 0 Å². The van der Waals surface area contributed by atoms with Crippen molar-refractivity contribution in [2.45, 2.75) is 6.04 Å². The number of nitrogens with zero attached hydrogens (tertiary/aromatic N) is 3. The van der Waals surface area contributed by atoms with Gasteiger partial charge in [-0.2, -0.15) is 5.21 Å². The molecule has 7 heteroatoms. The molecule has 2 aromatic rings. The lowest BCUT2D eigenvalue weighted by atomic mass is 10.1. The summed E-state index contributed by atoms with van der Waals surface area (Å²) in [6.45, 7) is 0. The van der Waals surface area contributed by atoms with Gasteiger partial charge in [0.1, 0.15) is 0 Å². The van der Waals surface area contributed by atoms with Gasteiger partial charge in [-0.15, -0.1) is 10.2 Å². The van der Waals surface area contributed by atoms with Crippen LogP contribution in [0.15, 0.2) is 18.2 Å². The lowest BCUT2D eigenvalue weighted by Crippen LogP contribution is -2.14. The standard InChI is InChI=1S/C10H13N5O2/c1-16-7-4-3-6(5-8(7)17-2)9(11)10-12-14-15-13-10/h3-5,9H,11H2,1-2H3,(H,12,13,14,15). The Hall–Kier alpha value is -2.15. The van der Waals surface area contributed by atoms with Crippen LogP contribution in [0.5, 0.6) is 11.5 Å². The molecule has 0 saturated carbocycles. The van der Waals surface area contributed by atoms with Crippen molar-refractivity contribution in [3.63, 3.8) is 0 Å². The number of aromatic nitrogens is 4. The average molecular weight is 235 g/mol. The molecule has 0 spiro atoms. The van der Waals surface area contributed by atoms with Gasteiger partial charge in [0.2, 0.25) is 0 Å². The van der Waals surface area contributed by atoms with E-state index < -0.39 is 6.04 Å². The van der Waals surface area contributed by atoms with E-state index in [2.05, 4.69) is 20.6 Å². The number of benzene rings is 1. The first kappa shape index (κ1) is 11.3. The van der Waals surface area contributed by atoms with Gasteiger partial charge in [-0.25, -0.2) is 0 Å². The quantitative estimate of drug-likeness (QED) is 0.788. The molecule has 7 nitrogen and oxygen atoms in total. The van der Waals surface area contributed by atoms with Gasteiger partial charge in [-0.05, 0) is 17.7 Å². The van der Waals surface area contributed by atoms with Crippen LogP contribution in [-0.4, -0.2) is 34.8 Å². The lowest BCUT2D eigenvalue weighted by Gasteiger charge is -2.12. The number of H-pyrrole nitrogens is 1. The summed E-state index contributed by atoms with van der Waals surface area (Å²) in [5.41, 5.74) is 6.82. The van der Waals surface area contributed by atoms with Crippen molar-refractivity contribution < 1.29 is 9.47 Å². The molecule has 1 aromatic carbocycles. The van der Waals surface area contributed by atoms with Gasteiger partial charge in [0.25, 0.3) is 0 Å². The van der Waals surface area contributed by atoms with E-state index in [0.717, 1.165) is 5.56 Å². The second-order valence-electron chi connectivity index (χ2n) is 3.36. The van der Waals surface area contributed by atoms with Crippen LogP contribution < -0.4 is 15.2 Å². The number of nitrogens with one attached hydrogen (secondary N) is 1. The number of aromatic amines is 1. The third-order valence-electron chi connectivity index (χ3n) is 2.41. The molecule has 1 atom stereocenters. The first-order chi connectivity index (χ1) is 8.26. The highest BCUT2D eigenvalue weighted by Crippen LogP contribution is 2.30. The molecule has 0 bridgehead atoms. The number of rotatable bonds is 4. The molecule has 1 heterocycles. The summed E-state index contributed by atoms with van der Waals surface area (Å²) < 4.78 is 10.3. The monoisotopic (exact) mass is 235 g/mol. The Kier molecular flexibility index (Phi) is 3.20. The van der Waals surface area contributed by atoms with Crippen LogP contribution in [0.1, 0.15) is 17.4 Å². The van der Waals surface area contributed by atoms with E-state index >= 15 is 0 Å². The molecule has 1 aromatic heterocycles. The largest absolute Gasteiger partial charge is 0.493 e. The molecule has 0 aliphatic rings. The molecule has 0 aliphatic heterocycles. The maximum Gasteiger partial charge on any atom is 0.195 e. The highest BCUT2D eigenvalue weighted by atomic mass is 16.5. The van der Waals surface area contributed by atoms with Crippen LogP contribution in [0, 0.1) is 0 Å². The van der Waals surface area contributed by atoms with Crippen LogP contribution in [0.25, 0.3) is 0 Å². The highest BCUT2D eigenvalue weighted by Gasteiger charge is 2.15. The topological polar surface area (TPSA) is 98.9 Å². The lowest BCUT2D eigenvalue weighted by molar-refractivity contribution is 0.354. The maximum atomic E-state index is 5.99. The first-order valence-corrected chi connectivity index (χ1v) is 4.97. The fourth-order valence-electron chi connectivity index (χ4n) is 1.50. The second kappa shape index (κ2) is 4.79. The Morgan fingerprint density at radius 1 is 1.24 bits per heavy atom. The summed E-state index contributed by atoms with van der Waals surface area (Å²) in [7, 11) is 3.15. The molecule has 0 saturated heterocycles. The van der Waals surface area contributed by atoms with Crippen molar-refractivity contribution >= 4 is 0 Å². The van der Waals surface area contributed by atoms with Crippen LogP contribution in [0.4, 0.5) is 0 Å². The fraction of sp³-hybridized carbons (Fsp3) is 0.300. The molecule has 90 valence electrons. The van der Waals surface area contributed by atoms with Gasteiger partial charge in [0.15, 0.2) is 17.3 Å². The van der Waals surface area contributed by atoms with E-state index in [1.807, 2.05) is 6.07 Å². The van der Waals surface area contributed by atoms with Crippen molar-refractivity contribution in [3.8, 4) is 11.5 Å². The molecule has 2 rings (SSSR count). The molecule has 0 radical (unpaired) electrons. The van der Waals surface area contributed by atoms with Gasteiger partial charge < -0.3 is 15.2 Å². The third-order valence-corrected chi connectivity index (χ3v) is 2.41. The Balaban J connectivity index is 2.33. The normalized spacial score (nSPS) is 12.2. The minimum atomic E-state index is -0.450. The predicted octanol–water partition coefficient (Wildman–Crippen LogP) is 0.265. The van der Waals surface area contributed by atoms with Crippen LogP contribution in [0.2, 0.25) is 0 Å². The van der Waals surface area contributed by atoms with Crippen LogP contribution >= 0.6 is 0 Å². The van der Waals surface area contributed by atoms with E-state index in [1.54, 1.807) is 26.4 Å². The summed E-state index contributed by atoms with van der Waals surface area (Å²) in [4.78, 5) is 0. The van der Waals surface area contributed by atoms with E-state index in [4.69, 9.17) is 15.2 Å². The molecule has 3 N–H and O–H groups in total. The zero-order valence-electron chi connectivity index (χ0n) is 9.54. The predicted molar refractivity (Wildman–Crippen MR) is 59.8 cm³/mol. The molecule has 0 fully saturated rings. The van der Waals surface area contributed by atoms with Gasteiger partial charge in [-0.1, -0.05) is 11.3 Å². The number of hydrogen-bond acceptors (Lipinski definition) is 6. The number of methoxy groups -OCH3 is 2. The summed E-state index contributed by atoms with van der Waals surface area (Å²) in [5, 5.41) is 13.5. The zero-order valence-corrected chi connectivity index (χ0v) is 9.54. The fourth-order valence-corrected chi connectivity index (χ4v) is 1.50. The van der Waals surface area contributed by atoms with Gasteiger partial charge in [0.05, 0.1) is 20.3 Å².